The van der Waals surface area contributed by atoms with Crippen molar-refractivity contribution in [1.82, 2.24) is 10.2 Å². The van der Waals surface area contributed by atoms with Crippen LogP contribution in [0.2, 0.25) is 0 Å². The number of aromatic nitrogens is 2. The molecule has 2 N–H and O–H groups in total. The Kier molecular flexibility index (Phi) is 4.04. The highest BCUT2D eigenvalue weighted by molar-refractivity contribution is 7.11. The molecule has 0 spiro atoms. The van der Waals surface area contributed by atoms with E-state index in [1.54, 1.807) is 0 Å². The zero-order chi connectivity index (χ0) is 12.3. The van der Waals surface area contributed by atoms with Crippen LogP contribution in [-0.2, 0) is 6.42 Å². The predicted molar refractivity (Wildman–Crippen MR) is 63.4 cm³/mol. The summed E-state index contributed by atoms with van der Waals surface area (Å²) in [6.45, 7) is 0.621. The maximum atomic E-state index is 13.3. The van der Waals surface area contributed by atoms with Crippen LogP contribution in [-0.4, -0.2) is 22.7 Å². The van der Waals surface area contributed by atoms with Gasteiger partial charge in [0.15, 0.2) is 0 Å². The van der Waals surface area contributed by atoms with Crippen molar-refractivity contribution in [1.29, 1.82) is 0 Å². The van der Waals surface area contributed by atoms with Crippen LogP contribution in [0.5, 0.6) is 0 Å². The van der Waals surface area contributed by atoms with Gasteiger partial charge in [-0.05, 0) is 25.8 Å². The van der Waals surface area contributed by atoms with E-state index in [0.717, 1.165) is 29.3 Å². The summed E-state index contributed by atoms with van der Waals surface area (Å²) in [6, 6.07) is 0. The normalized spacial score (nSPS) is 23.8. The lowest BCUT2D eigenvalue weighted by atomic mass is 9.87. The monoisotopic (exact) mass is 261 g/mol. The van der Waals surface area contributed by atoms with Crippen LogP contribution < -0.4 is 5.73 Å². The van der Waals surface area contributed by atoms with E-state index < -0.39 is 5.92 Å². The highest BCUT2D eigenvalue weighted by Crippen LogP contribution is 2.42. The molecule has 6 heteroatoms. The van der Waals surface area contributed by atoms with Gasteiger partial charge in [-0.15, -0.1) is 21.5 Å². The van der Waals surface area contributed by atoms with Gasteiger partial charge in [0.1, 0.15) is 10.0 Å². The van der Waals surface area contributed by atoms with Crippen molar-refractivity contribution < 1.29 is 8.78 Å². The van der Waals surface area contributed by atoms with Gasteiger partial charge < -0.3 is 5.73 Å². The highest BCUT2D eigenvalue weighted by Gasteiger charge is 2.38. The third kappa shape index (κ3) is 3.42. The van der Waals surface area contributed by atoms with E-state index in [1.807, 2.05) is 0 Å². The number of rotatable bonds is 4. The number of hydrogen-bond donors (Lipinski definition) is 1. The number of halogens is 2. The fraction of sp³-hybridized carbons (Fsp3) is 0.818. The average Bonchev–Trinajstić information content (AvgIpc) is 2.73. The second kappa shape index (κ2) is 5.35. The Hall–Kier alpha value is -0.620. The predicted octanol–water partition coefficient (Wildman–Crippen LogP) is 2.72. The first-order valence-electron chi connectivity index (χ1n) is 6.01. The lowest BCUT2D eigenvalue weighted by Crippen LogP contribution is -2.24. The van der Waals surface area contributed by atoms with Crippen LogP contribution in [0.15, 0.2) is 0 Å². The number of alkyl halides is 2. The lowest BCUT2D eigenvalue weighted by molar-refractivity contribution is -0.0408. The topological polar surface area (TPSA) is 51.8 Å². The first kappa shape index (κ1) is 12.8. The second-order valence-electron chi connectivity index (χ2n) is 4.58. The highest BCUT2D eigenvalue weighted by atomic mass is 32.1. The average molecular weight is 261 g/mol. The van der Waals surface area contributed by atoms with Gasteiger partial charge in [0, 0.05) is 25.2 Å². The number of aryl methyl sites for hydroxylation is 1. The van der Waals surface area contributed by atoms with E-state index in [9.17, 15) is 8.78 Å². The van der Waals surface area contributed by atoms with Crippen molar-refractivity contribution in [3.05, 3.63) is 10.0 Å². The Balaban J connectivity index is 1.99. The first-order valence-corrected chi connectivity index (χ1v) is 6.82. The molecule has 1 fully saturated rings. The standard InChI is InChI=1S/C11H17F2N3S/c12-11(13)5-1-3-8(7-11)10-16-15-9(17-10)4-2-6-14/h8H,1-7,14H2. The minimum absolute atomic E-state index is 0.0162. The summed E-state index contributed by atoms with van der Waals surface area (Å²) in [4.78, 5) is 0. The van der Waals surface area contributed by atoms with Crippen molar-refractivity contribution in [2.45, 2.75) is 50.4 Å². The van der Waals surface area contributed by atoms with Gasteiger partial charge in [-0.3, -0.25) is 0 Å². The molecule has 1 aliphatic carbocycles. The molecule has 0 aromatic carbocycles. The number of hydrogen-bond acceptors (Lipinski definition) is 4. The third-order valence-electron chi connectivity index (χ3n) is 3.07. The quantitative estimate of drug-likeness (QED) is 0.906. The molecule has 1 unspecified atom stereocenters. The fourth-order valence-electron chi connectivity index (χ4n) is 2.17. The van der Waals surface area contributed by atoms with E-state index >= 15 is 0 Å². The minimum atomic E-state index is -2.52. The zero-order valence-corrected chi connectivity index (χ0v) is 10.5. The maximum absolute atomic E-state index is 13.3. The van der Waals surface area contributed by atoms with Crippen molar-refractivity contribution in [2.24, 2.45) is 5.73 Å². The van der Waals surface area contributed by atoms with Gasteiger partial charge in [-0.25, -0.2) is 8.78 Å². The number of nitrogens with two attached hydrogens (primary N) is 1. The molecule has 1 aromatic rings. The molecular formula is C11H17F2N3S. The van der Waals surface area contributed by atoms with E-state index in [2.05, 4.69) is 10.2 Å². The molecule has 1 aromatic heterocycles. The first-order chi connectivity index (χ1) is 8.11. The lowest BCUT2D eigenvalue weighted by Gasteiger charge is -2.27. The van der Waals surface area contributed by atoms with Crippen LogP contribution in [0.1, 0.15) is 48.0 Å². The minimum Gasteiger partial charge on any atom is -0.330 e. The Morgan fingerprint density at radius 2 is 2.24 bits per heavy atom. The molecule has 0 radical (unpaired) electrons. The summed E-state index contributed by atoms with van der Waals surface area (Å²) in [6.07, 6.45) is 3.00. The molecule has 96 valence electrons. The van der Waals surface area contributed by atoms with E-state index in [-0.39, 0.29) is 18.8 Å². The summed E-state index contributed by atoms with van der Waals surface area (Å²) in [5, 5.41) is 9.79. The molecular weight excluding hydrogens is 244 g/mol. The van der Waals surface area contributed by atoms with Crippen LogP contribution in [0.4, 0.5) is 8.78 Å². The molecule has 0 aliphatic heterocycles. The van der Waals surface area contributed by atoms with Crippen LogP contribution in [0.3, 0.4) is 0 Å². The fourth-order valence-corrected chi connectivity index (χ4v) is 3.19. The SMILES string of the molecule is NCCCc1nnc(C2CCCC(F)(F)C2)s1. The number of nitrogens with zero attached hydrogens (tertiary/aromatic N) is 2. The van der Waals surface area contributed by atoms with Gasteiger partial charge in [0.25, 0.3) is 0 Å². The summed E-state index contributed by atoms with van der Waals surface area (Å²) in [5.41, 5.74) is 5.42. The molecule has 1 saturated carbocycles. The maximum Gasteiger partial charge on any atom is 0.248 e. The molecule has 1 heterocycles. The van der Waals surface area contributed by atoms with Crippen molar-refractivity contribution >= 4 is 11.3 Å². The van der Waals surface area contributed by atoms with Gasteiger partial charge in [-0.2, -0.15) is 0 Å². The smallest absolute Gasteiger partial charge is 0.248 e. The van der Waals surface area contributed by atoms with Gasteiger partial charge >= 0.3 is 0 Å². The van der Waals surface area contributed by atoms with Gasteiger partial charge in [-0.1, -0.05) is 0 Å². The van der Waals surface area contributed by atoms with Gasteiger partial charge in [0.05, 0.1) is 0 Å². The van der Waals surface area contributed by atoms with Crippen molar-refractivity contribution in [3.63, 3.8) is 0 Å². The molecule has 1 aliphatic rings. The largest absolute Gasteiger partial charge is 0.330 e. The Bertz CT molecular complexity index is 367. The van der Waals surface area contributed by atoms with Crippen molar-refractivity contribution in [2.75, 3.05) is 6.54 Å². The summed E-state index contributed by atoms with van der Waals surface area (Å²) < 4.78 is 26.6. The zero-order valence-electron chi connectivity index (χ0n) is 9.66. The van der Waals surface area contributed by atoms with Crippen molar-refractivity contribution in [3.8, 4) is 0 Å². The van der Waals surface area contributed by atoms with Crippen LogP contribution >= 0.6 is 11.3 Å². The molecule has 1 atom stereocenters. The molecule has 2 rings (SSSR count). The Morgan fingerprint density at radius 1 is 1.41 bits per heavy atom. The molecule has 0 amide bonds. The Labute approximate surface area is 103 Å². The summed E-state index contributed by atoms with van der Waals surface area (Å²) in [5.74, 6) is -2.63. The van der Waals surface area contributed by atoms with Crippen LogP contribution in [0.25, 0.3) is 0 Å². The summed E-state index contributed by atoms with van der Waals surface area (Å²) >= 11 is 1.47. The van der Waals surface area contributed by atoms with Gasteiger partial charge in [0.2, 0.25) is 5.92 Å². The second-order valence-corrected chi connectivity index (χ2v) is 5.67. The van der Waals surface area contributed by atoms with E-state index in [0.29, 0.717) is 13.0 Å². The van der Waals surface area contributed by atoms with Crippen LogP contribution in [0, 0.1) is 0 Å². The molecule has 0 bridgehead atoms. The summed E-state index contributed by atoms with van der Waals surface area (Å²) in [7, 11) is 0. The Morgan fingerprint density at radius 3 is 2.94 bits per heavy atom. The molecule has 0 saturated heterocycles. The molecule has 3 nitrogen and oxygen atoms in total. The van der Waals surface area contributed by atoms with E-state index in [4.69, 9.17) is 5.73 Å². The molecule has 17 heavy (non-hydrogen) atoms. The van der Waals surface area contributed by atoms with E-state index in [1.165, 1.54) is 11.3 Å². The third-order valence-corrected chi connectivity index (χ3v) is 4.21.